The lowest BCUT2D eigenvalue weighted by atomic mass is 10.1. The summed E-state index contributed by atoms with van der Waals surface area (Å²) in [4.78, 5) is 9.06. The predicted octanol–water partition coefficient (Wildman–Crippen LogP) is 5.09. The molecule has 3 nitrogen and oxygen atoms in total. The van der Waals surface area contributed by atoms with E-state index in [1.54, 1.807) is 12.3 Å². The highest BCUT2D eigenvalue weighted by Crippen LogP contribution is 2.27. The molecule has 0 unspecified atom stereocenters. The Labute approximate surface area is 143 Å². The molecule has 0 aliphatic carbocycles. The van der Waals surface area contributed by atoms with Gasteiger partial charge in [0.25, 0.3) is 0 Å². The molecule has 2 heterocycles. The average molecular weight is 338 g/mol. The van der Waals surface area contributed by atoms with Crippen LogP contribution in [0.5, 0.6) is 0 Å². The molecule has 0 atom stereocenters. The predicted molar refractivity (Wildman–Crippen MR) is 94.3 cm³/mol. The van der Waals surface area contributed by atoms with E-state index in [4.69, 9.17) is 11.6 Å². The highest BCUT2D eigenvalue weighted by atomic mass is 35.5. The Morgan fingerprint density at radius 3 is 2.58 bits per heavy atom. The number of hydrogen-bond donors (Lipinski definition) is 0. The maximum atomic E-state index is 13.5. The third-order valence-corrected chi connectivity index (χ3v) is 4.21. The molecule has 24 heavy (non-hydrogen) atoms. The fourth-order valence-electron chi connectivity index (χ4n) is 2.79. The number of hydrogen-bond acceptors (Lipinski definition) is 2. The Morgan fingerprint density at radius 1 is 1.00 bits per heavy atom. The second-order valence-electron chi connectivity index (χ2n) is 5.57. The van der Waals surface area contributed by atoms with Crippen molar-refractivity contribution in [1.82, 2.24) is 14.5 Å². The van der Waals surface area contributed by atoms with E-state index in [-0.39, 0.29) is 5.82 Å². The van der Waals surface area contributed by atoms with Crippen molar-refractivity contribution >= 4 is 22.6 Å². The van der Waals surface area contributed by atoms with Crippen LogP contribution in [0.1, 0.15) is 0 Å². The normalized spacial score (nSPS) is 11.1. The van der Waals surface area contributed by atoms with Crippen molar-refractivity contribution in [2.45, 2.75) is 0 Å². The molecule has 0 N–H and O–H groups in total. The first-order valence-corrected chi connectivity index (χ1v) is 7.84. The van der Waals surface area contributed by atoms with E-state index in [9.17, 15) is 4.39 Å². The smallest absolute Gasteiger partial charge is 0.141 e. The van der Waals surface area contributed by atoms with Gasteiger partial charge < -0.3 is 4.57 Å². The van der Waals surface area contributed by atoms with E-state index >= 15 is 0 Å². The molecule has 2 aromatic heterocycles. The molecule has 0 fully saturated rings. The van der Waals surface area contributed by atoms with Crippen LogP contribution in [0.4, 0.5) is 4.39 Å². The molecule has 0 bridgehead atoms. The summed E-state index contributed by atoms with van der Waals surface area (Å²) in [5.74, 6) is 0.423. The number of nitrogens with zero attached hydrogens (tertiary/aromatic N) is 3. The lowest BCUT2D eigenvalue weighted by Crippen LogP contribution is -1.93. The molecule has 0 aliphatic heterocycles. The molecule has 0 saturated heterocycles. The van der Waals surface area contributed by atoms with Gasteiger partial charge in [0, 0.05) is 23.2 Å². The van der Waals surface area contributed by atoms with E-state index in [2.05, 4.69) is 9.97 Å². The van der Waals surface area contributed by atoms with Gasteiger partial charge in [-0.25, -0.2) is 9.37 Å². The van der Waals surface area contributed by atoms with Gasteiger partial charge in [0.1, 0.15) is 17.2 Å². The Balaban J connectivity index is 1.88. The molecule has 0 spiro atoms. The van der Waals surface area contributed by atoms with Crippen LogP contribution >= 0.6 is 11.6 Å². The molecule has 0 saturated carbocycles. The molecular formula is C19H13ClFN3. The van der Waals surface area contributed by atoms with Crippen LogP contribution in [0.2, 0.25) is 5.02 Å². The fraction of sp³-hybridized carbons (Fsp3) is 0.0526. The number of aryl methyl sites for hydroxylation is 1. The van der Waals surface area contributed by atoms with Crippen molar-refractivity contribution in [3.8, 4) is 22.6 Å². The highest BCUT2D eigenvalue weighted by Gasteiger charge is 2.12. The lowest BCUT2D eigenvalue weighted by Gasteiger charge is -2.04. The topological polar surface area (TPSA) is 30.7 Å². The number of imidazole rings is 1. The number of fused-ring (bicyclic) bond motifs is 1. The highest BCUT2D eigenvalue weighted by molar-refractivity contribution is 6.30. The van der Waals surface area contributed by atoms with Gasteiger partial charge in [-0.15, -0.1) is 0 Å². The molecule has 4 aromatic rings. The van der Waals surface area contributed by atoms with Crippen LogP contribution in [-0.4, -0.2) is 14.5 Å². The minimum atomic E-state index is -0.280. The van der Waals surface area contributed by atoms with Gasteiger partial charge in [-0.3, -0.25) is 4.98 Å². The van der Waals surface area contributed by atoms with Gasteiger partial charge in [-0.05, 0) is 30.3 Å². The molecule has 118 valence electrons. The van der Waals surface area contributed by atoms with Gasteiger partial charge in [0.05, 0.1) is 17.4 Å². The number of halogens is 2. The standard InChI is InChI=1S/C19H13ClFN3/c1-24-18-10-16(12-4-2-6-14(20)8-12)22-11-17(18)23-19(24)13-5-3-7-15(21)9-13/h2-11H,1H3. The number of aromatic nitrogens is 3. The SMILES string of the molecule is Cn1c(-c2cccc(F)c2)nc2cnc(-c3cccc(Cl)c3)cc21. The first-order chi connectivity index (χ1) is 11.6. The molecule has 4 rings (SSSR count). The molecule has 5 heteroatoms. The van der Waals surface area contributed by atoms with Gasteiger partial charge >= 0.3 is 0 Å². The summed E-state index contributed by atoms with van der Waals surface area (Å²) >= 11 is 6.06. The molecular weight excluding hydrogens is 325 g/mol. The Morgan fingerprint density at radius 2 is 1.79 bits per heavy atom. The zero-order valence-electron chi connectivity index (χ0n) is 12.9. The third kappa shape index (κ3) is 2.55. The maximum Gasteiger partial charge on any atom is 0.141 e. The first kappa shape index (κ1) is 14.8. The molecule has 0 radical (unpaired) electrons. The monoisotopic (exact) mass is 337 g/mol. The lowest BCUT2D eigenvalue weighted by molar-refractivity contribution is 0.628. The summed E-state index contributed by atoms with van der Waals surface area (Å²) in [7, 11) is 1.91. The minimum Gasteiger partial charge on any atom is -0.327 e. The summed E-state index contributed by atoms with van der Waals surface area (Å²) in [6.45, 7) is 0. The zero-order chi connectivity index (χ0) is 16.7. The second kappa shape index (κ2) is 5.73. The Kier molecular flexibility index (Phi) is 3.54. The summed E-state index contributed by atoms with van der Waals surface area (Å²) in [5, 5.41) is 0.667. The van der Waals surface area contributed by atoms with Crippen LogP contribution < -0.4 is 0 Å². The van der Waals surface area contributed by atoms with Crippen LogP contribution in [0.25, 0.3) is 33.7 Å². The van der Waals surface area contributed by atoms with Crippen molar-refractivity contribution < 1.29 is 4.39 Å². The van der Waals surface area contributed by atoms with Gasteiger partial charge in [0.15, 0.2) is 0 Å². The van der Waals surface area contributed by atoms with Crippen molar-refractivity contribution in [1.29, 1.82) is 0 Å². The summed E-state index contributed by atoms with van der Waals surface area (Å²) in [5.41, 5.74) is 4.19. The van der Waals surface area contributed by atoms with Crippen molar-refractivity contribution in [3.05, 3.63) is 71.6 Å². The second-order valence-corrected chi connectivity index (χ2v) is 6.01. The first-order valence-electron chi connectivity index (χ1n) is 7.46. The van der Waals surface area contributed by atoms with E-state index in [1.165, 1.54) is 12.1 Å². The van der Waals surface area contributed by atoms with Crippen LogP contribution in [0, 0.1) is 5.82 Å². The summed E-state index contributed by atoms with van der Waals surface area (Å²) in [6, 6.07) is 16.0. The van der Waals surface area contributed by atoms with E-state index < -0.39 is 0 Å². The van der Waals surface area contributed by atoms with Crippen LogP contribution in [0.3, 0.4) is 0 Å². The largest absolute Gasteiger partial charge is 0.327 e. The van der Waals surface area contributed by atoms with Gasteiger partial charge in [-0.1, -0.05) is 35.9 Å². The quantitative estimate of drug-likeness (QED) is 0.510. The van der Waals surface area contributed by atoms with Crippen LogP contribution in [0.15, 0.2) is 60.8 Å². The molecule has 2 aromatic carbocycles. The van der Waals surface area contributed by atoms with E-state index in [1.807, 2.05) is 48.0 Å². The molecule has 0 amide bonds. The Hall–Kier alpha value is -2.72. The van der Waals surface area contributed by atoms with E-state index in [0.717, 1.165) is 27.9 Å². The minimum absolute atomic E-state index is 0.280. The number of rotatable bonds is 2. The van der Waals surface area contributed by atoms with Crippen molar-refractivity contribution in [2.24, 2.45) is 7.05 Å². The zero-order valence-corrected chi connectivity index (χ0v) is 13.6. The van der Waals surface area contributed by atoms with Crippen molar-refractivity contribution in [3.63, 3.8) is 0 Å². The van der Waals surface area contributed by atoms with Crippen LogP contribution in [-0.2, 0) is 7.05 Å². The van der Waals surface area contributed by atoms with E-state index in [0.29, 0.717) is 10.8 Å². The average Bonchev–Trinajstić information content (AvgIpc) is 2.91. The Bertz CT molecular complexity index is 1060. The number of benzene rings is 2. The number of pyridine rings is 1. The van der Waals surface area contributed by atoms with Gasteiger partial charge in [-0.2, -0.15) is 0 Å². The summed E-state index contributed by atoms with van der Waals surface area (Å²) in [6.07, 6.45) is 1.73. The van der Waals surface area contributed by atoms with Crippen molar-refractivity contribution in [2.75, 3.05) is 0 Å². The molecule has 0 aliphatic rings. The van der Waals surface area contributed by atoms with Gasteiger partial charge in [0.2, 0.25) is 0 Å². The summed E-state index contributed by atoms with van der Waals surface area (Å²) < 4.78 is 15.4. The maximum absolute atomic E-state index is 13.5. The third-order valence-electron chi connectivity index (χ3n) is 3.97. The fourth-order valence-corrected chi connectivity index (χ4v) is 2.98.